The third-order valence-corrected chi connectivity index (χ3v) is 4.33. The Hall–Kier alpha value is -4.72. The maximum Gasteiger partial charge on any atom is 0.338 e. The lowest BCUT2D eigenvalue weighted by molar-refractivity contribution is -0.385. The second-order valence-corrected chi connectivity index (χ2v) is 6.17. The van der Waals surface area contributed by atoms with Gasteiger partial charge in [0.2, 0.25) is 5.95 Å². The lowest BCUT2D eigenvalue weighted by Gasteiger charge is -2.11. The van der Waals surface area contributed by atoms with Crippen LogP contribution in [-0.2, 0) is 11.3 Å². The monoisotopic (exact) mass is 420 g/mol. The van der Waals surface area contributed by atoms with Crippen molar-refractivity contribution in [3.05, 3.63) is 69.3 Å². The molecule has 31 heavy (non-hydrogen) atoms. The summed E-state index contributed by atoms with van der Waals surface area (Å²) in [6.07, 6.45) is 0. The summed E-state index contributed by atoms with van der Waals surface area (Å²) in [7, 11) is 1.19. The number of aromatic nitrogens is 2. The van der Waals surface area contributed by atoms with Crippen LogP contribution >= 0.6 is 0 Å². The van der Waals surface area contributed by atoms with E-state index < -0.39 is 10.9 Å². The number of esters is 1. The van der Waals surface area contributed by atoms with E-state index in [2.05, 4.69) is 9.97 Å². The van der Waals surface area contributed by atoms with E-state index >= 15 is 0 Å². The first-order valence-electron chi connectivity index (χ1n) is 8.76. The number of hydrogen-bond donors (Lipinski definition) is 2. The number of hydrogen-bond acceptors (Lipinski definition) is 10. The summed E-state index contributed by atoms with van der Waals surface area (Å²) in [5.74, 6) is -0.442. The number of anilines is 2. The van der Waals surface area contributed by atoms with Crippen molar-refractivity contribution >= 4 is 23.4 Å². The van der Waals surface area contributed by atoms with Crippen LogP contribution in [0.5, 0.6) is 5.75 Å². The fourth-order valence-electron chi connectivity index (χ4n) is 2.88. The number of nitriles is 1. The zero-order valence-electron chi connectivity index (χ0n) is 16.2. The van der Waals surface area contributed by atoms with Crippen LogP contribution in [0.15, 0.2) is 42.5 Å². The van der Waals surface area contributed by atoms with Gasteiger partial charge in [-0.05, 0) is 30.3 Å². The second kappa shape index (κ2) is 8.75. The van der Waals surface area contributed by atoms with Gasteiger partial charge in [0, 0.05) is 11.6 Å². The number of benzene rings is 2. The Labute approximate surface area is 176 Å². The highest BCUT2D eigenvalue weighted by Crippen LogP contribution is 2.28. The summed E-state index contributed by atoms with van der Waals surface area (Å²) < 4.78 is 10.3. The van der Waals surface area contributed by atoms with Crippen LogP contribution in [0.3, 0.4) is 0 Å². The van der Waals surface area contributed by atoms with Crippen molar-refractivity contribution in [3.63, 3.8) is 0 Å². The van der Waals surface area contributed by atoms with Crippen molar-refractivity contribution in [2.75, 3.05) is 18.6 Å². The largest absolute Gasteiger partial charge is 0.489 e. The Bertz CT molecular complexity index is 1200. The zero-order valence-corrected chi connectivity index (χ0v) is 16.2. The zero-order chi connectivity index (χ0) is 22.5. The summed E-state index contributed by atoms with van der Waals surface area (Å²) in [5.41, 5.74) is 12.1. The van der Waals surface area contributed by atoms with Crippen LogP contribution < -0.4 is 16.2 Å². The predicted octanol–water partition coefficient (Wildman–Crippen LogP) is 2.45. The highest BCUT2D eigenvalue weighted by Gasteiger charge is 2.22. The molecule has 0 aliphatic rings. The van der Waals surface area contributed by atoms with Gasteiger partial charge in [0.15, 0.2) is 0 Å². The van der Waals surface area contributed by atoms with Crippen molar-refractivity contribution in [2.24, 2.45) is 0 Å². The first-order chi connectivity index (χ1) is 14.8. The van der Waals surface area contributed by atoms with Gasteiger partial charge in [0.25, 0.3) is 5.69 Å². The van der Waals surface area contributed by atoms with E-state index in [1.807, 2.05) is 6.07 Å². The molecule has 1 heterocycles. The van der Waals surface area contributed by atoms with E-state index in [0.717, 1.165) is 0 Å². The van der Waals surface area contributed by atoms with Crippen LogP contribution in [0.25, 0.3) is 11.3 Å². The molecule has 3 aromatic rings. The Morgan fingerprint density at radius 1 is 1.19 bits per heavy atom. The van der Waals surface area contributed by atoms with Crippen LogP contribution in [0.1, 0.15) is 21.5 Å². The van der Waals surface area contributed by atoms with Gasteiger partial charge in [0.1, 0.15) is 29.8 Å². The van der Waals surface area contributed by atoms with Crippen molar-refractivity contribution < 1.29 is 19.2 Å². The molecule has 0 spiro atoms. The van der Waals surface area contributed by atoms with Gasteiger partial charge in [-0.1, -0.05) is 6.07 Å². The van der Waals surface area contributed by atoms with Crippen molar-refractivity contribution in [3.8, 4) is 23.1 Å². The standard InChI is InChI=1S/C20H16N6O5/c1-30-19(27)13-3-2-4-16(26(28)29)15(13)10-31-12-7-5-11(6-8-12)17-14(9-21)18(22)25-20(23)24-17/h2-8H,10H2,1H3,(H4,22,23,24,25). The summed E-state index contributed by atoms with van der Waals surface area (Å²) in [4.78, 5) is 30.6. The first-order valence-corrected chi connectivity index (χ1v) is 8.76. The van der Waals surface area contributed by atoms with E-state index in [-0.39, 0.29) is 46.4 Å². The minimum Gasteiger partial charge on any atom is -0.489 e. The molecule has 11 nitrogen and oxygen atoms in total. The molecular formula is C20H16N6O5. The number of nitro benzene ring substituents is 1. The average molecular weight is 420 g/mol. The molecule has 0 aliphatic heterocycles. The van der Waals surface area contributed by atoms with Gasteiger partial charge < -0.3 is 20.9 Å². The molecule has 0 saturated heterocycles. The number of nitro groups is 1. The van der Waals surface area contributed by atoms with Crippen molar-refractivity contribution in [1.82, 2.24) is 9.97 Å². The van der Waals surface area contributed by atoms with Gasteiger partial charge in [-0.3, -0.25) is 10.1 Å². The first kappa shape index (κ1) is 21.0. The average Bonchev–Trinajstić information content (AvgIpc) is 2.76. The van der Waals surface area contributed by atoms with Gasteiger partial charge in [-0.2, -0.15) is 10.2 Å². The highest BCUT2D eigenvalue weighted by molar-refractivity contribution is 5.92. The summed E-state index contributed by atoms with van der Waals surface area (Å²) in [6, 6.07) is 12.5. The third-order valence-electron chi connectivity index (χ3n) is 4.33. The molecule has 0 atom stereocenters. The molecule has 0 fully saturated rings. The quantitative estimate of drug-likeness (QED) is 0.341. The Morgan fingerprint density at radius 3 is 2.52 bits per heavy atom. The number of nitrogens with zero attached hydrogens (tertiary/aromatic N) is 4. The fourth-order valence-corrected chi connectivity index (χ4v) is 2.88. The molecule has 0 saturated carbocycles. The summed E-state index contributed by atoms with van der Waals surface area (Å²) >= 11 is 0. The molecule has 3 rings (SSSR count). The number of methoxy groups -OCH3 is 1. The molecule has 0 aliphatic carbocycles. The number of rotatable bonds is 6. The number of nitrogens with two attached hydrogens (primary N) is 2. The number of ether oxygens (including phenoxy) is 2. The molecule has 4 N–H and O–H groups in total. The maximum atomic E-state index is 12.0. The second-order valence-electron chi connectivity index (χ2n) is 6.17. The van der Waals surface area contributed by atoms with Gasteiger partial charge in [-0.15, -0.1) is 0 Å². The van der Waals surface area contributed by atoms with Gasteiger partial charge in [-0.25, -0.2) is 9.78 Å². The van der Waals surface area contributed by atoms with Crippen LogP contribution in [0.2, 0.25) is 0 Å². The molecule has 0 bridgehead atoms. The molecule has 0 amide bonds. The molecule has 0 radical (unpaired) electrons. The minimum absolute atomic E-state index is 0.0305. The van der Waals surface area contributed by atoms with E-state index in [1.165, 1.54) is 25.3 Å². The normalized spacial score (nSPS) is 10.2. The maximum absolute atomic E-state index is 12.0. The lowest BCUT2D eigenvalue weighted by Crippen LogP contribution is -2.10. The van der Waals surface area contributed by atoms with Gasteiger partial charge in [0.05, 0.1) is 28.9 Å². The SMILES string of the molecule is COC(=O)c1cccc([N+](=O)[O-])c1COc1ccc(-c2nc(N)nc(N)c2C#N)cc1. The Morgan fingerprint density at radius 2 is 1.90 bits per heavy atom. The van der Waals surface area contributed by atoms with E-state index in [9.17, 15) is 20.2 Å². The Balaban J connectivity index is 1.89. The Kier molecular flexibility index (Phi) is 5.92. The van der Waals surface area contributed by atoms with Crippen LogP contribution in [-0.4, -0.2) is 28.0 Å². The minimum atomic E-state index is -0.708. The number of nitrogen functional groups attached to an aromatic ring is 2. The molecular weight excluding hydrogens is 404 g/mol. The fraction of sp³-hybridized carbons (Fsp3) is 0.100. The summed E-state index contributed by atoms with van der Waals surface area (Å²) in [5, 5.41) is 20.7. The van der Waals surface area contributed by atoms with Crippen LogP contribution in [0.4, 0.5) is 17.5 Å². The number of carbonyl (C=O) groups excluding carboxylic acids is 1. The van der Waals surface area contributed by atoms with E-state index in [0.29, 0.717) is 11.3 Å². The van der Waals surface area contributed by atoms with Crippen molar-refractivity contribution in [2.45, 2.75) is 6.61 Å². The third kappa shape index (κ3) is 4.33. The topological polar surface area (TPSA) is 180 Å². The molecule has 11 heteroatoms. The molecule has 156 valence electrons. The van der Waals surface area contributed by atoms with Gasteiger partial charge >= 0.3 is 5.97 Å². The number of carbonyl (C=O) groups is 1. The summed E-state index contributed by atoms with van der Waals surface area (Å²) in [6.45, 7) is -0.238. The van der Waals surface area contributed by atoms with E-state index in [4.69, 9.17) is 20.9 Å². The molecule has 2 aromatic carbocycles. The van der Waals surface area contributed by atoms with Crippen LogP contribution in [0, 0.1) is 21.4 Å². The molecule has 0 unspecified atom stereocenters. The predicted molar refractivity (Wildman–Crippen MR) is 110 cm³/mol. The van der Waals surface area contributed by atoms with Crippen molar-refractivity contribution in [1.29, 1.82) is 5.26 Å². The smallest absolute Gasteiger partial charge is 0.338 e. The van der Waals surface area contributed by atoms with E-state index in [1.54, 1.807) is 24.3 Å². The lowest BCUT2D eigenvalue weighted by atomic mass is 10.1. The highest BCUT2D eigenvalue weighted by atomic mass is 16.6. The molecule has 1 aromatic heterocycles.